The third-order valence-corrected chi connectivity index (χ3v) is 4.11. The van der Waals surface area contributed by atoms with Crippen molar-refractivity contribution in [3.8, 4) is 0 Å². The quantitative estimate of drug-likeness (QED) is 0.941. The predicted octanol–water partition coefficient (Wildman–Crippen LogP) is 2.67. The van der Waals surface area contributed by atoms with E-state index in [1.807, 2.05) is 23.1 Å². The van der Waals surface area contributed by atoms with E-state index >= 15 is 0 Å². The molecular formula is C16H21FN4. The van der Waals surface area contributed by atoms with Crippen LogP contribution in [0.2, 0.25) is 0 Å². The first kappa shape index (κ1) is 14.1. The van der Waals surface area contributed by atoms with Gasteiger partial charge in [0.1, 0.15) is 5.82 Å². The fraction of sp³-hybridized carbons (Fsp3) is 0.438. The van der Waals surface area contributed by atoms with Crippen LogP contribution >= 0.6 is 0 Å². The van der Waals surface area contributed by atoms with Gasteiger partial charge in [-0.25, -0.2) is 4.39 Å². The second-order valence-corrected chi connectivity index (χ2v) is 5.82. The highest BCUT2D eigenvalue weighted by atomic mass is 19.1. The molecule has 0 bridgehead atoms. The van der Waals surface area contributed by atoms with Crippen molar-refractivity contribution in [1.82, 2.24) is 9.78 Å². The minimum absolute atomic E-state index is 0.0422. The van der Waals surface area contributed by atoms with Gasteiger partial charge in [0.15, 0.2) is 0 Å². The normalized spacial score (nSPS) is 15.6. The fourth-order valence-electron chi connectivity index (χ4n) is 2.95. The van der Waals surface area contributed by atoms with Crippen LogP contribution in [0.1, 0.15) is 37.1 Å². The Labute approximate surface area is 124 Å². The van der Waals surface area contributed by atoms with Crippen LogP contribution in [0.5, 0.6) is 0 Å². The molecule has 2 heterocycles. The lowest BCUT2D eigenvalue weighted by atomic mass is 10.1. The van der Waals surface area contributed by atoms with Gasteiger partial charge in [-0.15, -0.1) is 0 Å². The van der Waals surface area contributed by atoms with Gasteiger partial charge in [0.2, 0.25) is 0 Å². The number of aromatic nitrogens is 2. The van der Waals surface area contributed by atoms with E-state index in [0.29, 0.717) is 12.6 Å². The van der Waals surface area contributed by atoms with Gasteiger partial charge in [-0.1, -0.05) is 6.07 Å². The van der Waals surface area contributed by atoms with Crippen molar-refractivity contribution < 1.29 is 4.39 Å². The Morgan fingerprint density at radius 2 is 2.19 bits per heavy atom. The van der Waals surface area contributed by atoms with E-state index in [0.717, 1.165) is 24.2 Å². The SMILES string of the molecule is CC(C)n1cc(C(CN)N2CCc3ccc(F)cc32)cn1. The second kappa shape index (κ2) is 5.48. The van der Waals surface area contributed by atoms with Crippen LogP contribution in [0.15, 0.2) is 30.6 Å². The maximum Gasteiger partial charge on any atom is 0.125 e. The highest BCUT2D eigenvalue weighted by molar-refractivity contribution is 5.59. The van der Waals surface area contributed by atoms with E-state index in [2.05, 4.69) is 23.8 Å². The van der Waals surface area contributed by atoms with Gasteiger partial charge < -0.3 is 10.6 Å². The molecule has 3 rings (SSSR count). The molecule has 1 atom stereocenters. The molecular weight excluding hydrogens is 267 g/mol. The molecule has 0 saturated carbocycles. The summed E-state index contributed by atoms with van der Waals surface area (Å²) in [7, 11) is 0. The monoisotopic (exact) mass is 288 g/mol. The topological polar surface area (TPSA) is 47.1 Å². The number of anilines is 1. The summed E-state index contributed by atoms with van der Waals surface area (Å²) >= 11 is 0. The van der Waals surface area contributed by atoms with Crippen LogP contribution in [0, 0.1) is 5.82 Å². The lowest BCUT2D eigenvalue weighted by Crippen LogP contribution is -2.32. The molecule has 0 radical (unpaired) electrons. The Kier molecular flexibility index (Phi) is 3.68. The van der Waals surface area contributed by atoms with Gasteiger partial charge in [-0.05, 0) is 38.0 Å². The molecule has 21 heavy (non-hydrogen) atoms. The smallest absolute Gasteiger partial charge is 0.125 e. The average molecular weight is 288 g/mol. The average Bonchev–Trinajstić information content (AvgIpc) is 3.08. The first-order chi connectivity index (χ1) is 10.1. The molecule has 112 valence electrons. The van der Waals surface area contributed by atoms with Crippen LogP contribution in [0.4, 0.5) is 10.1 Å². The van der Waals surface area contributed by atoms with Gasteiger partial charge in [0, 0.05) is 36.6 Å². The Hall–Kier alpha value is -1.88. The van der Waals surface area contributed by atoms with E-state index in [1.54, 1.807) is 6.07 Å². The van der Waals surface area contributed by atoms with Crippen molar-refractivity contribution in [2.24, 2.45) is 5.73 Å². The van der Waals surface area contributed by atoms with Crippen molar-refractivity contribution in [1.29, 1.82) is 0 Å². The van der Waals surface area contributed by atoms with Crippen molar-refractivity contribution in [2.75, 3.05) is 18.0 Å². The van der Waals surface area contributed by atoms with Crippen LogP contribution in [-0.2, 0) is 6.42 Å². The number of hydrogen-bond donors (Lipinski definition) is 1. The molecule has 4 nitrogen and oxygen atoms in total. The maximum atomic E-state index is 13.5. The largest absolute Gasteiger partial charge is 0.362 e. The third-order valence-electron chi connectivity index (χ3n) is 4.11. The summed E-state index contributed by atoms with van der Waals surface area (Å²) in [6.45, 7) is 5.54. The fourth-order valence-corrected chi connectivity index (χ4v) is 2.95. The summed E-state index contributed by atoms with van der Waals surface area (Å²) in [4.78, 5) is 2.19. The number of rotatable bonds is 4. The van der Waals surface area contributed by atoms with Gasteiger partial charge in [0.25, 0.3) is 0 Å². The van der Waals surface area contributed by atoms with E-state index < -0.39 is 0 Å². The first-order valence-electron chi connectivity index (χ1n) is 7.39. The van der Waals surface area contributed by atoms with Crippen molar-refractivity contribution in [3.05, 3.63) is 47.5 Å². The van der Waals surface area contributed by atoms with Gasteiger partial charge in [-0.3, -0.25) is 4.68 Å². The molecule has 1 aromatic carbocycles. The number of nitrogens with zero attached hydrogens (tertiary/aromatic N) is 3. The molecule has 0 spiro atoms. The minimum Gasteiger partial charge on any atom is -0.362 e. The number of halogens is 1. The van der Waals surface area contributed by atoms with E-state index in [9.17, 15) is 4.39 Å². The summed E-state index contributed by atoms with van der Waals surface area (Å²) in [5, 5.41) is 4.39. The molecule has 0 saturated heterocycles. The van der Waals surface area contributed by atoms with Crippen molar-refractivity contribution in [3.63, 3.8) is 0 Å². The number of fused-ring (bicyclic) bond motifs is 1. The number of nitrogens with two attached hydrogens (primary N) is 1. The zero-order chi connectivity index (χ0) is 15.0. The molecule has 1 aliphatic rings. The van der Waals surface area contributed by atoms with Crippen LogP contribution < -0.4 is 10.6 Å². The van der Waals surface area contributed by atoms with Crippen molar-refractivity contribution >= 4 is 5.69 Å². The molecule has 2 aromatic rings. The molecule has 2 N–H and O–H groups in total. The molecule has 5 heteroatoms. The molecule has 1 aliphatic heterocycles. The lowest BCUT2D eigenvalue weighted by Gasteiger charge is -2.28. The van der Waals surface area contributed by atoms with E-state index in [-0.39, 0.29) is 11.9 Å². The minimum atomic E-state index is -0.200. The highest BCUT2D eigenvalue weighted by Gasteiger charge is 2.27. The maximum absolute atomic E-state index is 13.5. The number of benzene rings is 1. The molecule has 1 aromatic heterocycles. The first-order valence-corrected chi connectivity index (χ1v) is 7.39. The zero-order valence-electron chi connectivity index (χ0n) is 12.5. The highest BCUT2D eigenvalue weighted by Crippen LogP contribution is 2.35. The summed E-state index contributed by atoms with van der Waals surface area (Å²) < 4.78 is 15.5. The van der Waals surface area contributed by atoms with E-state index in [4.69, 9.17) is 5.73 Å². The van der Waals surface area contributed by atoms with Gasteiger partial charge >= 0.3 is 0 Å². The standard InChI is InChI=1S/C16H21FN4/c1-11(2)21-10-13(9-19-21)16(8-18)20-6-5-12-3-4-14(17)7-15(12)20/h3-4,7,9-11,16H,5-6,8,18H2,1-2H3. The van der Waals surface area contributed by atoms with Crippen molar-refractivity contribution in [2.45, 2.75) is 32.4 Å². The molecule has 1 unspecified atom stereocenters. The summed E-state index contributed by atoms with van der Waals surface area (Å²) in [6, 6.07) is 5.37. The molecule has 0 aliphatic carbocycles. The Balaban J connectivity index is 1.93. The predicted molar refractivity (Wildman–Crippen MR) is 81.9 cm³/mol. The summed E-state index contributed by atoms with van der Waals surface area (Å²) in [6.07, 6.45) is 4.85. The zero-order valence-corrected chi connectivity index (χ0v) is 12.5. The third kappa shape index (κ3) is 2.53. The van der Waals surface area contributed by atoms with Crippen LogP contribution in [0.3, 0.4) is 0 Å². The van der Waals surface area contributed by atoms with Crippen LogP contribution in [0.25, 0.3) is 0 Å². The Morgan fingerprint density at radius 3 is 2.86 bits per heavy atom. The number of hydrogen-bond acceptors (Lipinski definition) is 3. The second-order valence-electron chi connectivity index (χ2n) is 5.82. The molecule has 0 amide bonds. The van der Waals surface area contributed by atoms with Crippen LogP contribution in [-0.4, -0.2) is 22.9 Å². The Bertz CT molecular complexity index is 635. The Morgan fingerprint density at radius 1 is 1.38 bits per heavy atom. The lowest BCUT2D eigenvalue weighted by molar-refractivity contribution is 0.531. The van der Waals surface area contributed by atoms with Gasteiger partial charge in [-0.2, -0.15) is 5.10 Å². The van der Waals surface area contributed by atoms with Gasteiger partial charge in [0.05, 0.1) is 12.2 Å². The summed E-state index contributed by atoms with van der Waals surface area (Å²) in [5.41, 5.74) is 9.23. The van der Waals surface area contributed by atoms with E-state index in [1.165, 1.54) is 11.6 Å². The summed E-state index contributed by atoms with van der Waals surface area (Å²) in [5.74, 6) is -0.200. The molecule has 0 fully saturated rings.